The third-order valence-electron chi connectivity index (χ3n) is 6.03. The number of nitrogens with zero attached hydrogens (tertiary/aromatic N) is 1. The van der Waals surface area contributed by atoms with Crippen molar-refractivity contribution in [1.29, 1.82) is 0 Å². The van der Waals surface area contributed by atoms with Gasteiger partial charge in [-0.05, 0) is 80.3 Å². The van der Waals surface area contributed by atoms with Crippen molar-refractivity contribution in [3.63, 3.8) is 0 Å². The minimum atomic E-state index is 0.593. The van der Waals surface area contributed by atoms with E-state index in [4.69, 9.17) is 4.74 Å². The number of anilines is 1. The molecule has 0 amide bonds. The summed E-state index contributed by atoms with van der Waals surface area (Å²) in [6, 6.07) is 2.34. The first kappa shape index (κ1) is 14.4. The van der Waals surface area contributed by atoms with Crippen molar-refractivity contribution in [1.82, 2.24) is 5.32 Å². The van der Waals surface area contributed by atoms with Crippen LogP contribution in [0.5, 0.6) is 5.75 Å². The summed E-state index contributed by atoms with van der Waals surface area (Å²) >= 11 is 0. The molecule has 1 aliphatic carbocycles. The molecule has 3 heteroatoms. The van der Waals surface area contributed by atoms with Crippen molar-refractivity contribution >= 4 is 5.69 Å². The van der Waals surface area contributed by atoms with Crippen molar-refractivity contribution in [3.8, 4) is 5.75 Å². The maximum Gasteiger partial charge on any atom is 0.143 e. The van der Waals surface area contributed by atoms with Gasteiger partial charge in [-0.15, -0.1) is 0 Å². The summed E-state index contributed by atoms with van der Waals surface area (Å²) in [6.45, 7) is 9.97. The van der Waals surface area contributed by atoms with E-state index in [9.17, 15) is 0 Å². The molecule has 0 unspecified atom stereocenters. The molecular formula is C19H28N2O. The largest absolute Gasteiger partial charge is 0.490 e. The van der Waals surface area contributed by atoms with E-state index >= 15 is 0 Å². The third-order valence-corrected chi connectivity index (χ3v) is 6.03. The molecule has 1 N–H and O–H groups in total. The zero-order valence-corrected chi connectivity index (χ0v) is 14.0. The van der Waals surface area contributed by atoms with Gasteiger partial charge in [0.05, 0.1) is 12.2 Å². The number of ether oxygens (including phenoxy) is 1. The molecule has 1 fully saturated rings. The fraction of sp³-hybridized carbons (Fsp3) is 0.684. The van der Waals surface area contributed by atoms with Gasteiger partial charge in [0.15, 0.2) is 0 Å². The monoisotopic (exact) mass is 300 g/mol. The highest BCUT2D eigenvalue weighted by Crippen LogP contribution is 2.51. The van der Waals surface area contributed by atoms with Gasteiger partial charge in [0.2, 0.25) is 0 Å². The van der Waals surface area contributed by atoms with E-state index < -0.39 is 0 Å². The van der Waals surface area contributed by atoms with Crippen molar-refractivity contribution in [2.45, 2.75) is 46.0 Å². The van der Waals surface area contributed by atoms with E-state index in [0.717, 1.165) is 44.8 Å². The molecule has 0 bridgehead atoms. The zero-order valence-electron chi connectivity index (χ0n) is 14.0. The fourth-order valence-corrected chi connectivity index (χ4v) is 4.26. The molecule has 0 aromatic heterocycles. The molecule has 1 aromatic rings. The topological polar surface area (TPSA) is 24.5 Å². The minimum Gasteiger partial charge on any atom is -0.490 e. The summed E-state index contributed by atoms with van der Waals surface area (Å²) in [4.78, 5) is 2.63. The van der Waals surface area contributed by atoms with Crippen LogP contribution in [0.3, 0.4) is 0 Å². The van der Waals surface area contributed by atoms with Crippen molar-refractivity contribution in [2.75, 3.05) is 37.7 Å². The maximum absolute atomic E-state index is 6.05. The van der Waals surface area contributed by atoms with Gasteiger partial charge in [-0.1, -0.05) is 6.92 Å². The summed E-state index contributed by atoms with van der Waals surface area (Å²) in [5.41, 5.74) is 6.53. The molecular weight excluding hydrogens is 272 g/mol. The summed E-state index contributed by atoms with van der Waals surface area (Å²) in [7, 11) is 0. The van der Waals surface area contributed by atoms with Crippen LogP contribution in [0.15, 0.2) is 6.07 Å². The molecule has 0 saturated heterocycles. The Labute approximate surface area is 134 Å². The Morgan fingerprint density at radius 3 is 2.86 bits per heavy atom. The number of hydrogen-bond acceptors (Lipinski definition) is 3. The zero-order chi connectivity index (χ0) is 15.2. The molecule has 0 spiro atoms. The van der Waals surface area contributed by atoms with Crippen molar-refractivity contribution < 1.29 is 4.74 Å². The highest BCUT2D eigenvalue weighted by molar-refractivity contribution is 5.69. The number of benzene rings is 1. The first-order chi connectivity index (χ1) is 10.7. The Morgan fingerprint density at radius 2 is 2.09 bits per heavy atom. The van der Waals surface area contributed by atoms with Crippen LogP contribution in [0, 0.1) is 12.3 Å². The highest BCUT2D eigenvalue weighted by atomic mass is 16.5. The van der Waals surface area contributed by atoms with Gasteiger partial charge in [-0.3, -0.25) is 0 Å². The lowest BCUT2D eigenvalue weighted by atomic mass is 9.93. The smallest absolute Gasteiger partial charge is 0.143 e. The maximum atomic E-state index is 6.05. The number of rotatable bonds is 3. The molecule has 3 aliphatic rings. The van der Waals surface area contributed by atoms with Crippen molar-refractivity contribution in [2.24, 2.45) is 5.41 Å². The van der Waals surface area contributed by atoms with Crippen LogP contribution in [0.1, 0.15) is 42.9 Å². The number of nitrogens with one attached hydrogen (secondary N) is 1. The highest BCUT2D eigenvalue weighted by Gasteiger charge is 2.43. The van der Waals surface area contributed by atoms with Gasteiger partial charge in [0.25, 0.3) is 0 Å². The lowest BCUT2D eigenvalue weighted by Crippen LogP contribution is -2.38. The minimum absolute atomic E-state index is 0.593. The number of hydrogen-bond donors (Lipinski definition) is 1. The molecule has 120 valence electrons. The second kappa shape index (κ2) is 5.45. The van der Waals surface area contributed by atoms with Gasteiger partial charge >= 0.3 is 0 Å². The van der Waals surface area contributed by atoms with E-state index in [1.165, 1.54) is 42.6 Å². The van der Waals surface area contributed by atoms with Gasteiger partial charge < -0.3 is 15.0 Å². The molecule has 0 atom stereocenters. The second-order valence-corrected chi connectivity index (χ2v) is 7.36. The van der Waals surface area contributed by atoms with E-state index in [0.29, 0.717) is 5.41 Å². The Hall–Kier alpha value is -1.22. The lowest BCUT2D eigenvalue weighted by molar-refractivity contribution is 0.299. The van der Waals surface area contributed by atoms with Gasteiger partial charge in [0, 0.05) is 6.54 Å². The molecule has 1 aromatic carbocycles. The van der Waals surface area contributed by atoms with E-state index in [2.05, 4.69) is 30.1 Å². The standard InChI is InChI=1S/C19H28N2O/c1-3-19(6-7-19)13-21-10-11-22-17-12-15-4-8-20-9-5-16(15)14(2)18(17)21/h12,20H,3-11,13H2,1-2H3. The Kier molecular flexibility index (Phi) is 3.56. The van der Waals surface area contributed by atoms with Gasteiger partial charge in [-0.2, -0.15) is 0 Å². The molecule has 3 nitrogen and oxygen atoms in total. The van der Waals surface area contributed by atoms with Gasteiger partial charge in [0.1, 0.15) is 12.4 Å². The molecule has 2 heterocycles. The Balaban J connectivity index is 1.72. The summed E-state index contributed by atoms with van der Waals surface area (Å²) in [5.74, 6) is 1.14. The van der Waals surface area contributed by atoms with Crippen LogP contribution < -0.4 is 15.0 Å². The predicted molar refractivity (Wildman–Crippen MR) is 91.1 cm³/mol. The quantitative estimate of drug-likeness (QED) is 0.928. The van der Waals surface area contributed by atoms with E-state index in [1.807, 2.05) is 0 Å². The van der Waals surface area contributed by atoms with Crippen LogP contribution in [-0.2, 0) is 12.8 Å². The molecule has 4 rings (SSSR count). The number of fused-ring (bicyclic) bond motifs is 2. The predicted octanol–water partition coefficient (Wildman–Crippen LogP) is 3.07. The molecule has 2 aliphatic heterocycles. The first-order valence-corrected chi connectivity index (χ1v) is 8.96. The fourth-order valence-electron chi connectivity index (χ4n) is 4.26. The van der Waals surface area contributed by atoms with Crippen LogP contribution >= 0.6 is 0 Å². The van der Waals surface area contributed by atoms with Crippen molar-refractivity contribution in [3.05, 3.63) is 22.8 Å². The van der Waals surface area contributed by atoms with E-state index in [-0.39, 0.29) is 0 Å². The van der Waals surface area contributed by atoms with Crippen LogP contribution in [0.2, 0.25) is 0 Å². The van der Waals surface area contributed by atoms with E-state index in [1.54, 1.807) is 5.56 Å². The van der Waals surface area contributed by atoms with Crippen LogP contribution in [0.25, 0.3) is 0 Å². The first-order valence-electron chi connectivity index (χ1n) is 8.96. The van der Waals surface area contributed by atoms with Crippen LogP contribution in [-0.4, -0.2) is 32.8 Å². The Morgan fingerprint density at radius 1 is 1.27 bits per heavy atom. The molecule has 1 saturated carbocycles. The lowest BCUT2D eigenvalue weighted by Gasteiger charge is -2.36. The van der Waals surface area contributed by atoms with Gasteiger partial charge in [-0.25, -0.2) is 0 Å². The summed E-state index contributed by atoms with van der Waals surface area (Å²) in [6.07, 6.45) is 6.41. The SMILES string of the molecule is CCC1(CN2CCOc3cc4c(c(C)c32)CCNCC4)CC1. The normalized spacial score (nSPS) is 22.4. The molecule has 0 radical (unpaired) electrons. The average molecular weight is 300 g/mol. The van der Waals surface area contributed by atoms with Crippen LogP contribution in [0.4, 0.5) is 5.69 Å². The summed E-state index contributed by atoms with van der Waals surface area (Å²) < 4.78 is 6.05. The molecule has 22 heavy (non-hydrogen) atoms. The Bertz CT molecular complexity index is 577. The second-order valence-electron chi connectivity index (χ2n) is 7.36. The summed E-state index contributed by atoms with van der Waals surface area (Å²) in [5, 5.41) is 3.53. The average Bonchev–Trinajstić information content (AvgIpc) is 3.31. The third kappa shape index (κ3) is 2.40.